The largest absolute Gasteiger partial charge is 0.269 e. The minimum absolute atomic E-state index is 0.634. The maximum atomic E-state index is 6.32. The van der Waals surface area contributed by atoms with Crippen LogP contribution in [0.2, 0.25) is 5.15 Å². The van der Waals surface area contributed by atoms with Crippen molar-refractivity contribution in [3.8, 4) is 0 Å². The van der Waals surface area contributed by atoms with Gasteiger partial charge in [0, 0.05) is 13.5 Å². The van der Waals surface area contributed by atoms with Crippen molar-refractivity contribution in [2.75, 3.05) is 0 Å². The molecule has 94 valence electrons. The Morgan fingerprint density at radius 1 is 1.17 bits per heavy atom. The van der Waals surface area contributed by atoms with E-state index < -0.39 is 0 Å². The molecule has 0 spiro atoms. The normalized spacial score (nSPS) is 11.8. The predicted octanol–water partition coefficient (Wildman–Crippen LogP) is 2.45. The second kappa shape index (κ2) is 3.68. The van der Waals surface area contributed by atoms with E-state index in [1.165, 1.54) is 0 Å². The Bertz CT molecular complexity index is 768. The number of hydrogen-bond donors (Lipinski definition) is 0. The second-order valence-electron chi connectivity index (χ2n) is 4.43. The van der Waals surface area contributed by atoms with E-state index in [1.54, 1.807) is 0 Å². The number of hydrogen-bond acceptors (Lipinski definition) is 3. The minimum atomic E-state index is 0.634. The van der Waals surface area contributed by atoms with Gasteiger partial charge in [0.25, 0.3) is 0 Å². The molecule has 0 aromatic carbocycles. The van der Waals surface area contributed by atoms with Crippen molar-refractivity contribution in [2.45, 2.75) is 27.2 Å². The number of rotatable bonds is 1. The maximum absolute atomic E-state index is 6.32. The topological polar surface area (TPSA) is 48.0 Å². The molecule has 0 fully saturated rings. The van der Waals surface area contributed by atoms with Crippen molar-refractivity contribution in [1.82, 2.24) is 24.1 Å². The summed E-state index contributed by atoms with van der Waals surface area (Å²) in [6, 6.07) is 0. The summed E-state index contributed by atoms with van der Waals surface area (Å²) < 4.78 is 3.73. The summed E-state index contributed by atoms with van der Waals surface area (Å²) >= 11 is 6.32. The zero-order valence-corrected chi connectivity index (χ0v) is 11.6. The van der Waals surface area contributed by atoms with Gasteiger partial charge in [-0.1, -0.05) is 18.5 Å². The van der Waals surface area contributed by atoms with Crippen LogP contribution < -0.4 is 0 Å². The molecule has 0 atom stereocenters. The van der Waals surface area contributed by atoms with Gasteiger partial charge in [-0.25, -0.2) is 9.97 Å². The number of fused-ring (bicyclic) bond motifs is 3. The Balaban J connectivity index is 2.64. The van der Waals surface area contributed by atoms with Gasteiger partial charge >= 0.3 is 0 Å². The number of halogens is 1. The molecule has 0 saturated carbocycles. The summed E-state index contributed by atoms with van der Waals surface area (Å²) in [4.78, 5) is 9.23. The van der Waals surface area contributed by atoms with Crippen LogP contribution in [0.1, 0.15) is 24.1 Å². The average molecular weight is 264 g/mol. The Labute approximate surface area is 109 Å². The van der Waals surface area contributed by atoms with E-state index in [9.17, 15) is 0 Å². The lowest BCUT2D eigenvalue weighted by atomic mass is 10.3. The summed E-state index contributed by atoms with van der Waals surface area (Å²) in [5, 5.41) is 5.05. The van der Waals surface area contributed by atoms with Gasteiger partial charge in [0.2, 0.25) is 0 Å². The monoisotopic (exact) mass is 263 g/mol. The van der Waals surface area contributed by atoms with Gasteiger partial charge in [0.1, 0.15) is 22.0 Å². The van der Waals surface area contributed by atoms with Crippen LogP contribution in [0.25, 0.3) is 16.7 Å². The summed E-state index contributed by atoms with van der Waals surface area (Å²) in [5.74, 6) is 0.916. The molecule has 18 heavy (non-hydrogen) atoms. The molecule has 0 N–H and O–H groups in total. The molecule has 3 rings (SSSR count). The van der Waals surface area contributed by atoms with Gasteiger partial charge < -0.3 is 0 Å². The molecule has 0 aliphatic rings. The van der Waals surface area contributed by atoms with Gasteiger partial charge in [-0.15, -0.1) is 0 Å². The lowest BCUT2D eigenvalue weighted by Gasteiger charge is -2.05. The van der Waals surface area contributed by atoms with Crippen LogP contribution in [0.3, 0.4) is 0 Å². The SMILES string of the molecule is CCc1nc2c(C)nn(C)c2c2nc(C)c(Cl)n12. The van der Waals surface area contributed by atoms with Crippen molar-refractivity contribution in [2.24, 2.45) is 7.05 Å². The third-order valence-corrected chi connectivity index (χ3v) is 3.64. The highest BCUT2D eigenvalue weighted by Gasteiger charge is 2.18. The highest BCUT2D eigenvalue weighted by Crippen LogP contribution is 2.26. The number of aryl methyl sites for hydroxylation is 4. The molecule has 0 amide bonds. The maximum Gasteiger partial charge on any atom is 0.167 e. The van der Waals surface area contributed by atoms with E-state index in [-0.39, 0.29) is 0 Å². The van der Waals surface area contributed by atoms with Gasteiger partial charge in [0.05, 0.1) is 11.4 Å². The Morgan fingerprint density at radius 2 is 1.89 bits per heavy atom. The molecule has 5 nitrogen and oxygen atoms in total. The van der Waals surface area contributed by atoms with Gasteiger partial charge in [-0.3, -0.25) is 9.08 Å². The molecule has 0 aliphatic carbocycles. The molecule has 3 aromatic heterocycles. The van der Waals surface area contributed by atoms with Gasteiger partial charge in [-0.2, -0.15) is 5.10 Å². The van der Waals surface area contributed by atoms with Crippen molar-refractivity contribution in [3.63, 3.8) is 0 Å². The lowest BCUT2D eigenvalue weighted by molar-refractivity contribution is 0.782. The zero-order valence-electron chi connectivity index (χ0n) is 10.8. The van der Waals surface area contributed by atoms with E-state index in [2.05, 4.69) is 22.0 Å². The van der Waals surface area contributed by atoms with Crippen molar-refractivity contribution < 1.29 is 0 Å². The first-order valence-electron chi connectivity index (χ1n) is 5.91. The molecule has 3 aromatic rings. The minimum Gasteiger partial charge on any atom is -0.269 e. The van der Waals surface area contributed by atoms with E-state index >= 15 is 0 Å². The van der Waals surface area contributed by atoms with Gasteiger partial charge in [-0.05, 0) is 13.8 Å². The fourth-order valence-corrected chi connectivity index (χ4v) is 2.57. The average Bonchev–Trinajstić information content (AvgIpc) is 2.78. The summed E-state index contributed by atoms with van der Waals surface area (Å²) in [5.41, 5.74) is 4.41. The fraction of sp³-hybridized carbons (Fsp3) is 0.417. The second-order valence-corrected chi connectivity index (χ2v) is 4.79. The fourth-order valence-electron chi connectivity index (χ4n) is 2.35. The third kappa shape index (κ3) is 1.31. The van der Waals surface area contributed by atoms with E-state index in [0.717, 1.165) is 40.3 Å². The standard InChI is InChI=1S/C12H14ClN5/c1-5-8-15-9-6(2)16-17(4)10(9)12-14-7(3)11(13)18(8)12/h5H2,1-4H3. The Morgan fingerprint density at radius 3 is 2.56 bits per heavy atom. The predicted molar refractivity (Wildman–Crippen MR) is 71.1 cm³/mol. The molecular formula is C12H14ClN5. The van der Waals surface area contributed by atoms with Crippen LogP contribution in [-0.2, 0) is 13.5 Å². The first kappa shape index (κ1) is 11.5. The number of nitrogens with zero attached hydrogens (tertiary/aromatic N) is 5. The number of imidazole rings is 1. The highest BCUT2D eigenvalue weighted by atomic mass is 35.5. The highest BCUT2D eigenvalue weighted by molar-refractivity contribution is 6.30. The van der Waals surface area contributed by atoms with Gasteiger partial charge in [0.15, 0.2) is 5.65 Å². The summed E-state index contributed by atoms with van der Waals surface area (Å²) in [7, 11) is 1.90. The molecule has 0 radical (unpaired) electrons. The van der Waals surface area contributed by atoms with Crippen molar-refractivity contribution in [3.05, 3.63) is 22.4 Å². The van der Waals surface area contributed by atoms with Crippen LogP contribution in [0.4, 0.5) is 0 Å². The van der Waals surface area contributed by atoms with E-state index in [0.29, 0.717) is 5.15 Å². The molecule has 0 bridgehead atoms. The first-order chi connectivity index (χ1) is 8.54. The molecule has 0 aliphatic heterocycles. The number of aromatic nitrogens is 5. The van der Waals surface area contributed by atoms with E-state index in [4.69, 9.17) is 11.6 Å². The quantitative estimate of drug-likeness (QED) is 0.678. The van der Waals surface area contributed by atoms with Crippen LogP contribution in [0.15, 0.2) is 0 Å². The van der Waals surface area contributed by atoms with Crippen molar-refractivity contribution in [1.29, 1.82) is 0 Å². The van der Waals surface area contributed by atoms with Crippen LogP contribution in [0, 0.1) is 13.8 Å². The van der Waals surface area contributed by atoms with Crippen LogP contribution in [-0.4, -0.2) is 24.1 Å². The smallest absolute Gasteiger partial charge is 0.167 e. The molecule has 6 heteroatoms. The molecule has 0 saturated heterocycles. The molecular weight excluding hydrogens is 250 g/mol. The molecule has 3 heterocycles. The van der Waals surface area contributed by atoms with E-state index in [1.807, 2.05) is 30.0 Å². The van der Waals surface area contributed by atoms with Crippen molar-refractivity contribution >= 4 is 28.3 Å². The van der Waals surface area contributed by atoms with Crippen LogP contribution >= 0.6 is 11.6 Å². The summed E-state index contributed by atoms with van der Waals surface area (Å²) in [6.45, 7) is 5.93. The summed E-state index contributed by atoms with van der Waals surface area (Å²) in [6.07, 6.45) is 0.802. The first-order valence-corrected chi connectivity index (χ1v) is 6.29. The van der Waals surface area contributed by atoms with Crippen LogP contribution in [0.5, 0.6) is 0 Å². The Kier molecular flexibility index (Phi) is 2.35. The molecule has 0 unspecified atom stereocenters. The Hall–Kier alpha value is -1.62. The lowest BCUT2D eigenvalue weighted by Crippen LogP contribution is -2.02. The third-order valence-electron chi connectivity index (χ3n) is 3.20. The zero-order chi connectivity index (χ0) is 13.0.